The van der Waals surface area contributed by atoms with Crippen LogP contribution < -0.4 is 5.32 Å². The van der Waals surface area contributed by atoms with Gasteiger partial charge in [-0.05, 0) is 61.6 Å². The fourth-order valence-corrected chi connectivity index (χ4v) is 2.19. The van der Waals surface area contributed by atoms with Crippen LogP contribution in [-0.4, -0.2) is 12.0 Å². The number of benzene rings is 1. The van der Waals surface area contributed by atoms with Crippen LogP contribution in [0.25, 0.3) is 11.1 Å². The van der Waals surface area contributed by atoms with E-state index >= 15 is 0 Å². The van der Waals surface area contributed by atoms with E-state index in [1.54, 1.807) is 18.2 Å². The van der Waals surface area contributed by atoms with Gasteiger partial charge in [-0.3, -0.25) is 4.98 Å². The topological polar surface area (TPSA) is 24.9 Å². The van der Waals surface area contributed by atoms with E-state index in [0.29, 0.717) is 0 Å². The van der Waals surface area contributed by atoms with Gasteiger partial charge in [-0.1, -0.05) is 77.1 Å². The van der Waals surface area contributed by atoms with Crippen molar-refractivity contribution in [1.82, 2.24) is 10.3 Å². The smallest absolute Gasteiger partial charge is 0.123 e. The molecule has 1 N–H and O–H groups in total. The highest BCUT2D eigenvalue weighted by Crippen LogP contribution is 2.15. The minimum atomic E-state index is -0.133. The van der Waals surface area contributed by atoms with Gasteiger partial charge in [0.25, 0.3) is 0 Å². The van der Waals surface area contributed by atoms with Crippen molar-refractivity contribution >= 4 is 11.1 Å². The maximum Gasteiger partial charge on any atom is 0.123 e. The van der Waals surface area contributed by atoms with Crippen LogP contribution in [0.5, 0.6) is 0 Å². The first kappa shape index (κ1) is 31.2. The van der Waals surface area contributed by atoms with Gasteiger partial charge in [0, 0.05) is 25.0 Å². The second-order valence-corrected chi connectivity index (χ2v) is 7.00. The number of hydrogen-bond donors (Lipinski definition) is 1. The fraction of sp³-hybridized carbons (Fsp3) is 0.345. The molecule has 0 aliphatic carbocycles. The van der Waals surface area contributed by atoms with E-state index in [2.05, 4.69) is 43.9 Å². The number of halogens is 1. The van der Waals surface area contributed by atoms with Crippen molar-refractivity contribution in [3.8, 4) is 0 Å². The van der Waals surface area contributed by atoms with E-state index in [4.69, 9.17) is 0 Å². The molecule has 0 spiro atoms. The predicted octanol–water partition coefficient (Wildman–Crippen LogP) is 8.64. The van der Waals surface area contributed by atoms with Gasteiger partial charge >= 0.3 is 0 Å². The van der Waals surface area contributed by atoms with Crippen molar-refractivity contribution in [2.45, 2.75) is 60.8 Å². The van der Waals surface area contributed by atoms with Gasteiger partial charge in [-0.25, -0.2) is 4.39 Å². The maximum absolute atomic E-state index is 12.5. The number of aromatic nitrogens is 1. The SMILES string of the molecule is C=C(C)CC.C=C/C(=C\NC)c1ccc(C(=C)C)cn1.CC.CCCc1cccc(F)c1. The zero-order chi connectivity index (χ0) is 24.9. The summed E-state index contributed by atoms with van der Waals surface area (Å²) in [5.74, 6) is -0.133. The van der Waals surface area contributed by atoms with E-state index in [-0.39, 0.29) is 5.82 Å². The fourth-order valence-electron chi connectivity index (χ4n) is 2.19. The Morgan fingerprint density at radius 2 is 1.72 bits per heavy atom. The Morgan fingerprint density at radius 1 is 1.09 bits per heavy atom. The highest BCUT2D eigenvalue weighted by molar-refractivity contribution is 5.71. The molecule has 1 aromatic heterocycles. The third-order valence-electron chi connectivity index (χ3n) is 4.10. The summed E-state index contributed by atoms with van der Waals surface area (Å²) in [7, 11) is 1.85. The van der Waals surface area contributed by atoms with Crippen molar-refractivity contribution in [3.05, 3.63) is 103 Å². The van der Waals surface area contributed by atoms with Crippen LogP contribution in [0.4, 0.5) is 4.39 Å². The molecule has 2 aromatic rings. The molecular weight excluding hydrogens is 395 g/mol. The summed E-state index contributed by atoms with van der Waals surface area (Å²) < 4.78 is 12.5. The molecule has 2 nitrogen and oxygen atoms in total. The molecule has 2 rings (SSSR count). The molecule has 0 bridgehead atoms. The molecule has 0 aliphatic rings. The van der Waals surface area contributed by atoms with E-state index in [1.165, 1.54) is 11.6 Å². The third-order valence-corrected chi connectivity index (χ3v) is 4.10. The standard InChI is InChI=1S/C13H16N2.C9H11F.C5H10.C2H6/c1-5-11(8-14-4)13-7-6-12(9-15-13)10(2)3;1-2-4-8-5-3-6-9(10)7-8;1-4-5(2)3;1-2/h5-9,14H,1-2H2,3-4H3;3,5-7H,2,4H2,1H3;2,4H2,1,3H3;1-2H3/b11-8+;;;. The van der Waals surface area contributed by atoms with Crippen LogP contribution in [0.1, 0.15) is 71.2 Å². The lowest BCUT2D eigenvalue weighted by molar-refractivity contribution is 0.625. The Kier molecular flexibility index (Phi) is 19.5. The van der Waals surface area contributed by atoms with Gasteiger partial charge in [0.05, 0.1) is 5.69 Å². The van der Waals surface area contributed by atoms with Crippen LogP contribution in [0.2, 0.25) is 0 Å². The zero-order valence-corrected chi connectivity index (χ0v) is 21.3. The number of hydrogen-bond acceptors (Lipinski definition) is 2. The molecule has 0 saturated carbocycles. The first-order valence-electron chi connectivity index (χ1n) is 11.3. The number of rotatable bonds is 7. The normalized spacial score (nSPS) is 9.56. The van der Waals surface area contributed by atoms with Crippen molar-refractivity contribution in [2.75, 3.05) is 7.05 Å². The van der Waals surface area contributed by atoms with Crippen molar-refractivity contribution < 1.29 is 4.39 Å². The molecule has 0 aliphatic heterocycles. The highest BCUT2D eigenvalue weighted by Gasteiger charge is 1.99. The second-order valence-electron chi connectivity index (χ2n) is 7.00. The number of nitrogens with one attached hydrogen (secondary N) is 1. The van der Waals surface area contributed by atoms with Crippen LogP contribution in [0.15, 0.2) is 80.2 Å². The minimum Gasteiger partial charge on any atom is -0.393 e. The van der Waals surface area contributed by atoms with Gasteiger partial charge in [0.15, 0.2) is 0 Å². The average molecular weight is 439 g/mol. The Morgan fingerprint density at radius 3 is 2.09 bits per heavy atom. The first-order valence-corrected chi connectivity index (χ1v) is 11.3. The van der Waals surface area contributed by atoms with E-state index in [0.717, 1.165) is 47.2 Å². The van der Waals surface area contributed by atoms with Crippen LogP contribution >= 0.6 is 0 Å². The Labute approximate surface area is 196 Å². The molecule has 32 heavy (non-hydrogen) atoms. The summed E-state index contributed by atoms with van der Waals surface area (Å²) in [6.07, 6.45) is 8.63. The first-order chi connectivity index (χ1) is 15.3. The average Bonchev–Trinajstić information content (AvgIpc) is 2.80. The summed E-state index contributed by atoms with van der Waals surface area (Å²) in [5.41, 5.74) is 6.31. The predicted molar refractivity (Wildman–Crippen MR) is 143 cm³/mol. The largest absolute Gasteiger partial charge is 0.393 e. The molecule has 1 aromatic carbocycles. The molecule has 176 valence electrons. The Bertz CT molecular complexity index is 817. The van der Waals surface area contributed by atoms with Crippen molar-refractivity contribution in [3.63, 3.8) is 0 Å². The lowest BCUT2D eigenvalue weighted by atomic mass is 10.1. The van der Waals surface area contributed by atoms with Crippen molar-refractivity contribution in [2.24, 2.45) is 0 Å². The van der Waals surface area contributed by atoms with E-state index in [1.807, 2.05) is 65.3 Å². The van der Waals surface area contributed by atoms with Gasteiger partial charge < -0.3 is 5.32 Å². The monoisotopic (exact) mass is 438 g/mol. The van der Waals surface area contributed by atoms with Gasteiger partial charge in [-0.15, -0.1) is 6.58 Å². The minimum absolute atomic E-state index is 0.133. The molecule has 0 atom stereocenters. The summed E-state index contributed by atoms with van der Waals surface area (Å²) in [4.78, 5) is 4.35. The van der Waals surface area contributed by atoms with Crippen LogP contribution in [0.3, 0.4) is 0 Å². The summed E-state index contributed by atoms with van der Waals surface area (Å²) in [6.45, 7) is 23.5. The lowest BCUT2D eigenvalue weighted by Crippen LogP contribution is -1.96. The molecule has 0 radical (unpaired) electrons. The summed E-state index contributed by atoms with van der Waals surface area (Å²) in [6, 6.07) is 10.7. The number of aryl methyl sites for hydroxylation is 1. The van der Waals surface area contributed by atoms with Gasteiger partial charge in [0.2, 0.25) is 0 Å². The zero-order valence-electron chi connectivity index (χ0n) is 21.3. The molecule has 0 saturated heterocycles. The molecule has 0 amide bonds. The lowest BCUT2D eigenvalue weighted by Gasteiger charge is -2.03. The summed E-state index contributed by atoms with van der Waals surface area (Å²) >= 11 is 0. The van der Waals surface area contributed by atoms with Gasteiger partial charge in [-0.2, -0.15) is 0 Å². The number of nitrogens with zero attached hydrogens (tertiary/aromatic N) is 1. The molecule has 0 unspecified atom stereocenters. The number of allylic oxidation sites excluding steroid dienone is 4. The molecular formula is C29H43FN2. The Balaban J connectivity index is 0. The quantitative estimate of drug-likeness (QED) is 0.345. The molecule has 3 heteroatoms. The third kappa shape index (κ3) is 15.0. The highest BCUT2D eigenvalue weighted by atomic mass is 19.1. The Hall–Kier alpha value is -2.94. The van der Waals surface area contributed by atoms with Crippen LogP contribution in [-0.2, 0) is 6.42 Å². The van der Waals surface area contributed by atoms with Crippen LogP contribution in [0, 0.1) is 5.82 Å². The second kappa shape index (κ2) is 20.0. The van der Waals surface area contributed by atoms with E-state index < -0.39 is 0 Å². The van der Waals surface area contributed by atoms with Crippen molar-refractivity contribution in [1.29, 1.82) is 0 Å². The summed E-state index contributed by atoms with van der Waals surface area (Å²) in [5, 5.41) is 2.96. The maximum atomic E-state index is 12.5. The molecule has 1 heterocycles. The molecule has 0 fully saturated rings. The number of pyridine rings is 1. The van der Waals surface area contributed by atoms with E-state index in [9.17, 15) is 4.39 Å². The van der Waals surface area contributed by atoms with Gasteiger partial charge in [0.1, 0.15) is 5.82 Å².